The Bertz CT molecular complexity index is 1060. The van der Waals surface area contributed by atoms with Gasteiger partial charge in [0.25, 0.3) is 0 Å². The number of para-hydroxylation sites is 1. The molecule has 0 spiro atoms. The molecule has 2 N–H and O–H groups in total. The van der Waals surface area contributed by atoms with Crippen LogP contribution >= 0.6 is 0 Å². The fourth-order valence-corrected chi connectivity index (χ4v) is 2.68. The van der Waals surface area contributed by atoms with Crippen LogP contribution in [-0.4, -0.2) is 24.6 Å². The molecule has 0 amide bonds. The van der Waals surface area contributed by atoms with Crippen LogP contribution in [-0.2, 0) is 0 Å². The van der Waals surface area contributed by atoms with Crippen molar-refractivity contribution in [2.45, 2.75) is 0 Å². The highest BCUT2D eigenvalue weighted by molar-refractivity contribution is 5.83. The van der Waals surface area contributed by atoms with Gasteiger partial charge in [-0.3, -0.25) is 9.38 Å². The van der Waals surface area contributed by atoms with Crippen LogP contribution in [0.3, 0.4) is 0 Å². The molecule has 0 radical (unpaired) electrons. The Kier molecular flexibility index (Phi) is 3.16. The van der Waals surface area contributed by atoms with E-state index in [1.165, 1.54) is 18.2 Å². The standard InChI is InChI=1S/C18H12FN3O2/c19-12-6-3-5-11(17(12)24)18-21-15(13-7-1-2-10-22(13)18)16-14(23)8-4-9-20-16/h1-10,23-24H. The minimum absolute atomic E-state index is 0.00336. The molecule has 0 saturated carbocycles. The molecule has 0 aliphatic heterocycles. The summed E-state index contributed by atoms with van der Waals surface area (Å²) in [7, 11) is 0. The molecule has 3 heterocycles. The fourth-order valence-electron chi connectivity index (χ4n) is 2.68. The summed E-state index contributed by atoms with van der Waals surface area (Å²) in [6, 6.07) is 12.9. The van der Waals surface area contributed by atoms with E-state index in [0.717, 1.165) is 0 Å². The monoisotopic (exact) mass is 321 g/mol. The van der Waals surface area contributed by atoms with Crippen LogP contribution in [0.1, 0.15) is 0 Å². The molecule has 0 bridgehead atoms. The molecule has 1 aromatic carbocycles. The number of hydrogen-bond donors (Lipinski definition) is 2. The maximum absolute atomic E-state index is 13.7. The van der Waals surface area contributed by atoms with Gasteiger partial charge in [-0.25, -0.2) is 9.37 Å². The van der Waals surface area contributed by atoms with Crippen LogP contribution in [0.2, 0.25) is 0 Å². The molecule has 118 valence electrons. The number of nitrogens with zero attached hydrogens (tertiary/aromatic N) is 3. The second-order valence-electron chi connectivity index (χ2n) is 5.25. The lowest BCUT2D eigenvalue weighted by Gasteiger charge is -2.04. The van der Waals surface area contributed by atoms with Crippen molar-refractivity contribution in [3.63, 3.8) is 0 Å². The van der Waals surface area contributed by atoms with Crippen molar-refractivity contribution in [2.75, 3.05) is 0 Å². The van der Waals surface area contributed by atoms with E-state index in [1.807, 2.05) is 12.1 Å². The van der Waals surface area contributed by atoms with Gasteiger partial charge in [0.05, 0.1) is 11.1 Å². The average molecular weight is 321 g/mol. The number of fused-ring (bicyclic) bond motifs is 1. The van der Waals surface area contributed by atoms with E-state index in [0.29, 0.717) is 22.7 Å². The van der Waals surface area contributed by atoms with Gasteiger partial charge in [0.1, 0.15) is 23.0 Å². The van der Waals surface area contributed by atoms with Crippen LogP contribution in [0.15, 0.2) is 60.9 Å². The molecule has 0 unspecified atom stereocenters. The lowest BCUT2D eigenvalue weighted by molar-refractivity contribution is 0.434. The zero-order chi connectivity index (χ0) is 16.7. The van der Waals surface area contributed by atoms with Crippen LogP contribution in [0.5, 0.6) is 11.5 Å². The SMILES string of the molecule is Oc1cccnc1-c1nc(-c2cccc(F)c2O)n2ccccc12. The van der Waals surface area contributed by atoms with E-state index < -0.39 is 11.6 Å². The van der Waals surface area contributed by atoms with Gasteiger partial charge >= 0.3 is 0 Å². The van der Waals surface area contributed by atoms with E-state index in [2.05, 4.69) is 9.97 Å². The summed E-state index contributed by atoms with van der Waals surface area (Å²) in [5, 5.41) is 20.1. The third-order valence-electron chi connectivity index (χ3n) is 3.79. The number of phenolic OH excluding ortho intramolecular Hbond substituents is 1. The summed E-state index contributed by atoms with van der Waals surface area (Å²) in [5.41, 5.74) is 1.72. The number of phenols is 1. The summed E-state index contributed by atoms with van der Waals surface area (Å²) < 4.78 is 15.4. The summed E-state index contributed by atoms with van der Waals surface area (Å²) in [6.07, 6.45) is 3.31. The molecule has 3 aromatic heterocycles. The second-order valence-corrected chi connectivity index (χ2v) is 5.25. The van der Waals surface area contributed by atoms with Gasteiger partial charge in [0.2, 0.25) is 0 Å². The van der Waals surface area contributed by atoms with Gasteiger partial charge < -0.3 is 10.2 Å². The van der Waals surface area contributed by atoms with Gasteiger partial charge in [-0.1, -0.05) is 12.1 Å². The molecule has 6 heteroatoms. The van der Waals surface area contributed by atoms with Crippen LogP contribution < -0.4 is 0 Å². The van der Waals surface area contributed by atoms with Crippen LogP contribution in [0.4, 0.5) is 4.39 Å². The molecule has 4 rings (SSSR count). The fraction of sp³-hybridized carbons (Fsp3) is 0. The molecule has 0 aliphatic carbocycles. The van der Waals surface area contributed by atoms with Gasteiger partial charge in [-0.15, -0.1) is 0 Å². The minimum atomic E-state index is -0.720. The topological polar surface area (TPSA) is 70.7 Å². The highest BCUT2D eigenvalue weighted by Crippen LogP contribution is 2.36. The molecule has 5 nitrogen and oxygen atoms in total. The molecular weight excluding hydrogens is 309 g/mol. The van der Waals surface area contributed by atoms with Crippen molar-refractivity contribution < 1.29 is 14.6 Å². The van der Waals surface area contributed by atoms with Crippen molar-refractivity contribution in [1.29, 1.82) is 0 Å². The third-order valence-corrected chi connectivity index (χ3v) is 3.79. The first-order chi connectivity index (χ1) is 11.7. The molecule has 0 fully saturated rings. The van der Waals surface area contributed by atoms with Gasteiger partial charge in [-0.05, 0) is 36.4 Å². The number of benzene rings is 1. The van der Waals surface area contributed by atoms with Crippen molar-refractivity contribution in [1.82, 2.24) is 14.4 Å². The summed E-state index contributed by atoms with van der Waals surface area (Å²) in [4.78, 5) is 8.69. The van der Waals surface area contributed by atoms with E-state index in [9.17, 15) is 14.6 Å². The number of aromatic nitrogens is 3. The number of halogens is 1. The zero-order valence-corrected chi connectivity index (χ0v) is 12.4. The van der Waals surface area contributed by atoms with Gasteiger partial charge in [-0.2, -0.15) is 0 Å². The Morgan fingerprint density at radius 3 is 2.62 bits per heavy atom. The largest absolute Gasteiger partial charge is 0.506 e. The molecule has 0 saturated heterocycles. The van der Waals surface area contributed by atoms with Crippen LogP contribution in [0.25, 0.3) is 28.3 Å². The third kappa shape index (κ3) is 2.08. The van der Waals surface area contributed by atoms with Crippen molar-refractivity contribution in [3.8, 4) is 34.3 Å². The first-order valence-electron chi connectivity index (χ1n) is 7.26. The Labute approximate surface area is 136 Å². The Morgan fingerprint density at radius 2 is 1.79 bits per heavy atom. The highest BCUT2D eigenvalue weighted by atomic mass is 19.1. The second kappa shape index (κ2) is 5.34. The van der Waals surface area contributed by atoms with Crippen molar-refractivity contribution >= 4 is 5.52 Å². The van der Waals surface area contributed by atoms with Crippen LogP contribution in [0, 0.1) is 5.82 Å². The number of rotatable bonds is 2. The predicted molar refractivity (Wildman–Crippen MR) is 87.1 cm³/mol. The quantitative estimate of drug-likeness (QED) is 0.591. The Hall–Kier alpha value is -3.41. The predicted octanol–water partition coefficient (Wildman–Crippen LogP) is 3.61. The lowest BCUT2D eigenvalue weighted by atomic mass is 10.2. The van der Waals surface area contributed by atoms with Crippen molar-refractivity contribution in [3.05, 3.63) is 66.7 Å². The Balaban J connectivity index is 2.06. The summed E-state index contributed by atoms with van der Waals surface area (Å²) in [5.74, 6) is -0.827. The average Bonchev–Trinajstić information content (AvgIpc) is 2.97. The summed E-state index contributed by atoms with van der Waals surface area (Å²) in [6.45, 7) is 0. The van der Waals surface area contributed by atoms with E-state index >= 15 is 0 Å². The molecule has 24 heavy (non-hydrogen) atoms. The minimum Gasteiger partial charge on any atom is -0.506 e. The normalized spacial score (nSPS) is 11.0. The van der Waals surface area contributed by atoms with E-state index in [1.54, 1.807) is 35.0 Å². The van der Waals surface area contributed by atoms with Crippen molar-refractivity contribution in [2.24, 2.45) is 0 Å². The number of imidazole rings is 1. The number of pyridine rings is 2. The van der Waals surface area contributed by atoms with Gasteiger partial charge in [0, 0.05) is 12.4 Å². The Morgan fingerprint density at radius 1 is 0.917 bits per heavy atom. The first kappa shape index (κ1) is 14.2. The maximum Gasteiger partial charge on any atom is 0.165 e. The number of hydrogen-bond acceptors (Lipinski definition) is 4. The summed E-state index contributed by atoms with van der Waals surface area (Å²) >= 11 is 0. The first-order valence-corrected chi connectivity index (χ1v) is 7.26. The van der Waals surface area contributed by atoms with Gasteiger partial charge in [0.15, 0.2) is 11.6 Å². The molecular formula is C18H12FN3O2. The maximum atomic E-state index is 13.7. The molecule has 0 atom stereocenters. The lowest BCUT2D eigenvalue weighted by Crippen LogP contribution is -1.90. The number of aromatic hydroxyl groups is 2. The molecule has 4 aromatic rings. The highest BCUT2D eigenvalue weighted by Gasteiger charge is 2.20. The zero-order valence-electron chi connectivity index (χ0n) is 12.4. The molecule has 0 aliphatic rings. The van der Waals surface area contributed by atoms with E-state index in [-0.39, 0.29) is 11.3 Å². The smallest absolute Gasteiger partial charge is 0.165 e. The van der Waals surface area contributed by atoms with E-state index in [4.69, 9.17) is 0 Å².